The molecule has 0 aromatic carbocycles. The number of hydrogen-bond acceptors (Lipinski definition) is 2. The van der Waals surface area contributed by atoms with Gasteiger partial charge in [-0.1, -0.05) is 26.2 Å². The molecule has 0 radical (unpaired) electrons. The minimum absolute atomic E-state index is 0.727. The van der Waals surface area contributed by atoms with Gasteiger partial charge in [-0.2, -0.15) is 0 Å². The standard InChI is InChI=1S/C14H27NO/c1-2-8-15-14(10-12-5-3-6-12)13-7-4-9-16-11-13/h12-15H,2-11H2,1H3. The first-order valence-electron chi connectivity index (χ1n) is 7.21. The Bertz CT molecular complexity index is 185. The fraction of sp³-hybridized carbons (Fsp3) is 1.00. The maximum Gasteiger partial charge on any atom is 0.0509 e. The van der Waals surface area contributed by atoms with Crippen LogP contribution in [0.4, 0.5) is 0 Å². The van der Waals surface area contributed by atoms with Gasteiger partial charge >= 0.3 is 0 Å². The normalized spacial score (nSPS) is 28.7. The largest absolute Gasteiger partial charge is 0.381 e. The maximum atomic E-state index is 5.64. The fourth-order valence-corrected chi connectivity index (χ4v) is 2.94. The molecule has 1 aliphatic carbocycles. The van der Waals surface area contributed by atoms with Crippen molar-refractivity contribution in [2.24, 2.45) is 11.8 Å². The Labute approximate surface area is 100 Å². The van der Waals surface area contributed by atoms with Crippen molar-refractivity contribution in [3.63, 3.8) is 0 Å². The van der Waals surface area contributed by atoms with E-state index in [1.807, 2.05) is 0 Å². The van der Waals surface area contributed by atoms with Crippen molar-refractivity contribution in [1.82, 2.24) is 5.32 Å². The molecule has 1 saturated carbocycles. The van der Waals surface area contributed by atoms with Gasteiger partial charge in [0.25, 0.3) is 0 Å². The zero-order chi connectivity index (χ0) is 11.2. The van der Waals surface area contributed by atoms with E-state index in [2.05, 4.69) is 12.2 Å². The van der Waals surface area contributed by atoms with E-state index in [0.29, 0.717) is 0 Å². The molecule has 2 fully saturated rings. The fourth-order valence-electron chi connectivity index (χ4n) is 2.94. The second-order valence-electron chi connectivity index (χ2n) is 5.57. The van der Waals surface area contributed by atoms with E-state index in [9.17, 15) is 0 Å². The highest BCUT2D eigenvalue weighted by Crippen LogP contribution is 2.33. The molecule has 0 aromatic heterocycles. The molecule has 1 saturated heterocycles. The van der Waals surface area contributed by atoms with Gasteiger partial charge in [-0.3, -0.25) is 0 Å². The Hall–Kier alpha value is -0.0800. The zero-order valence-electron chi connectivity index (χ0n) is 10.7. The van der Waals surface area contributed by atoms with Crippen LogP contribution in [0.15, 0.2) is 0 Å². The summed E-state index contributed by atoms with van der Waals surface area (Å²) in [5.41, 5.74) is 0. The van der Waals surface area contributed by atoms with Gasteiger partial charge in [0, 0.05) is 12.6 Å². The third-order valence-electron chi connectivity index (χ3n) is 4.23. The summed E-state index contributed by atoms with van der Waals surface area (Å²) in [4.78, 5) is 0. The van der Waals surface area contributed by atoms with Gasteiger partial charge in [-0.05, 0) is 44.1 Å². The van der Waals surface area contributed by atoms with Crippen LogP contribution in [-0.2, 0) is 4.74 Å². The minimum Gasteiger partial charge on any atom is -0.381 e. The second kappa shape index (κ2) is 6.61. The first-order chi connectivity index (χ1) is 7.90. The Balaban J connectivity index is 1.78. The van der Waals surface area contributed by atoms with E-state index in [4.69, 9.17) is 4.74 Å². The average molecular weight is 225 g/mol. The van der Waals surface area contributed by atoms with Crippen LogP contribution in [0.25, 0.3) is 0 Å². The SMILES string of the molecule is CCCNC(CC1CCC1)C1CCCOC1. The summed E-state index contributed by atoms with van der Waals surface area (Å²) in [5.74, 6) is 1.79. The quantitative estimate of drug-likeness (QED) is 0.750. The first kappa shape index (κ1) is 12.4. The lowest BCUT2D eigenvalue weighted by Gasteiger charge is -2.36. The third kappa shape index (κ3) is 3.46. The Morgan fingerprint density at radius 1 is 1.25 bits per heavy atom. The lowest BCUT2D eigenvalue weighted by atomic mass is 9.77. The Morgan fingerprint density at radius 3 is 2.69 bits per heavy atom. The van der Waals surface area contributed by atoms with Gasteiger partial charge in [0.15, 0.2) is 0 Å². The predicted octanol–water partition coefficient (Wildman–Crippen LogP) is 2.97. The van der Waals surface area contributed by atoms with E-state index in [0.717, 1.165) is 31.1 Å². The van der Waals surface area contributed by atoms with Crippen molar-refractivity contribution in [3.05, 3.63) is 0 Å². The van der Waals surface area contributed by atoms with Crippen molar-refractivity contribution >= 4 is 0 Å². The molecule has 2 aliphatic rings. The molecular weight excluding hydrogens is 198 g/mol. The number of ether oxygens (including phenoxy) is 1. The molecule has 2 unspecified atom stereocenters. The van der Waals surface area contributed by atoms with Gasteiger partial charge in [0.1, 0.15) is 0 Å². The summed E-state index contributed by atoms with van der Waals surface area (Å²) in [7, 11) is 0. The number of rotatable bonds is 6. The molecule has 1 aliphatic heterocycles. The lowest BCUT2D eigenvalue weighted by Crippen LogP contribution is -2.42. The highest BCUT2D eigenvalue weighted by molar-refractivity contribution is 4.83. The van der Waals surface area contributed by atoms with Crippen molar-refractivity contribution in [2.45, 2.75) is 57.9 Å². The van der Waals surface area contributed by atoms with Crippen molar-refractivity contribution in [3.8, 4) is 0 Å². The summed E-state index contributed by atoms with van der Waals surface area (Å²) >= 11 is 0. The summed E-state index contributed by atoms with van der Waals surface area (Å²) in [6.45, 7) is 5.41. The van der Waals surface area contributed by atoms with Gasteiger partial charge in [-0.15, -0.1) is 0 Å². The molecule has 2 atom stereocenters. The summed E-state index contributed by atoms with van der Waals surface area (Å²) in [6.07, 6.45) is 9.68. The van der Waals surface area contributed by atoms with E-state index < -0.39 is 0 Å². The van der Waals surface area contributed by atoms with Crippen molar-refractivity contribution in [2.75, 3.05) is 19.8 Å². The van der Waals surface area contributed by atoms with Crippen LogP contribution in [0.1, 0.15) is 51.9 Å². The van der Waals surface area contributed by atoms with Crippen LogP contribution in [0.2, 0.25) is 0 Å². The molecular formula is C14H27NO. The molecule has 2 rings (SSSR count). The van der Waals surface area contributed by atoms with E-state index in [-0.39, 0.29) is 0 Å². The number of hydrogen-bond donors (Lipinski definition) is 1. The summed E-state index contributed by atoms with van der Waals surface area (Å²) in [6, 6.07) is 0.727. The second-order valence-corrected chi connectivity index (χ2v) is 5.57. The predicted molar refractivity (Wildman–Crippen MR) is 67.6 cm³/mol. The molecule has 94 valence electrons. The van der Waals surface area contributed by atoms with Gasteiger partial charge in [0.05, 0.1) is 6.61 Å². The van der Waals surface area contributed by atoms with E-state index in [1.165, 1.54) is 51.5 Å². The highest BCUT2D eigenvalue weighted by Gasteiger charge is 2.28. The zero-order valence-corrected chi connectivity index (χ0v) is 10.7. The molecule has 0 bridgehead atoms. The molecule has 1 heterocycles. The highest BCUT2D eigenvalue weighted by atomic mass is 16.5. The molecule has 0 aromatic rings. The molecule has 0 spiro atoms. The van der Waals surface area contributed by atoms with Crippen LogP contribution in [0, 0.1) is 11.8 Å². The summed E-state index contributed by atoms with van der Waals surface area (Å²) < 4.78 is 5.64. The molecule has 16 heavy (non-hydrogen) atoms. The van der Waals surface area contributed by atoms with Crippen LogP contribution < -0.4 is 5.32 Å². The maximum absolute atomic E-state index is 5.64. The van der Waals surface area contributed by atoms with Crippen molar-refractivity contribution < 1.29 is 4.74 Å². The molecule has 0 amide bonds. The van der Waals surface area contributed by atoms with Crippen molar-refractivity contribution in [1.29, 1.82) is 0 Å². The van der Waals surface area contributed by atoms with Gasteiger partial charge in [0.2, 0.25) is 0 Å². The average Bonchev–Trinajstić information content (AvgIpc) is 2.28. The van der Waals surface area contributed by atoms with Crippen LogP contribution in [0.3, 0.4) is 0 Å². The van der Waals surface area contributed by atoms with Gasteiger partial charge in [-0.25, -0.2) is 0 Å². The third-order valence-corrected chi connectivity index (χ3v) is 4.23. The van der Waals surface area contributed by atoms with Gasteiger partial charge < -0.3 is 10.1 Å². The number of nitrogens with one attached hydrogen (secondary N) is 1. The van der Waals surface area contributed by atoms with Crippen LogP contribution >= 0.6 is 0 Å². The Morgan fingerprint density at radius 2 is 2.12 bits per heavy atom. The molecule has 2 heteroatoms. The molecule has 1 N–H and O–H groups in total. The molecule has 2 nitrogen and oxygen atoms in total. The van der Waals surface area contributed by atoms with Crippen LogP contribution in [-0.4, -0.2) is 25.8 Å². The van der Waals surface area contributed by atoms with E-state index in [1.54, 1.807) is 0 Å². The minimum atomic E-state index is 0.727. The van der Waals surface area contributed by atoms with Crippen LogP contribution in [0.5, 0.6) is 0 Å². The topological polar surface area (TPSA) is 21.3 Å². The smallest absolute Gasteiger partial charge is 0.0509 e. The lowest BCUT2D eigenvalue weighted by molar-refractivity contribution is 0.0326. The first-order valence-corrected chi connectivity index (χ1v) is 7.21. The monoisotopic (exact) mass is 225 g/mol. The Kier molecular flexibility index (Phi) is 5.11. The van der Waals surface area contributed by atoms with E-state index >= 15 is 0 Å². The summed E-state index contributed by atoms with van der Waals surface area (Å²) in [5, 5.41) is 3.76.